The van der Waals surface area contributed by atoms with Crippen LogP contribution >= 0.6 is 11.8 Å². The summed E-state index contributed by atoms with van der Waals surface area (Å²) in [7, 11) is 4.23. The van der Waals surface area contributed by atoms with E-state index >= 15 is 0 Å². The summed E-state index contributed by atoms with van der Waals surface area (Å²) in [4.78, 5) is 2.23. The maximum absolute atomic E-state index is 6.03. The van der Waals surface area contributed by atoms with Crippen LogP contribution in [0.15, 0.2) is 59.5 Å². The van der Waals surface area contributed by atoms with Crippen molar-refractivity contribution in [2.24, 2.45) is 17.6 Å². The van der Waals surface area contributed by atoms with E-state index in [2.05, 4.69) is 81.3 Å². The number of fused-ring (bicyclic) bond motifs is 1. The van der Waals surface area contributed by atoms with Crippen molar-refractivity contribution in [3.63, 3.8) is 0 Å². The first-order chi connectivity index (χ1) is 12.8. The molecule has 0 radical (unpaired) electrons. The van der Waals surface area contributed by atoms with E-state index in [0.29, 0.717) is 23.8 Å². The molecule has 4 N–H and O–H groups in total. The Morgan fingerprint density at radius 3 is 2.67 bits per heavy atom. The van der Waals surface area contributed by atoms with Gasteiger partial charge >= 0.3 is 0 Å². The molecule has 3 unspecified atom stereocenters. The van der Waals surface area contributed by atoms with Gasteiger partial charge in [0.15, 0.2) is 0 Å². The number of rotatable bonds is 9. The normalized spacial score (nSPS) is 24.1. The minimum atomic E-state index is 0.284. The zero-order valence-corrected chi connectivity index (χ0v) is 18.3. The van der Waals surface area contributed by atoms with Crippen LogP contribution in [-0.2, 0) is 0 Å². The van der Waals surface area contributed by atoms with Crippen LogP contribution in [0.2, 0.25) is 0 Å². The lowest BCUT2D eigenvalue weighted by atomic mass is 9.95. The maximum Gasteiger partial charge on any atom is 0.114 e. The van der Waals surface area contributed by atoms with Gasteiger partial charge in [-0.2, -0.15) is 0 Å². The number of hydrogen-bond acceptors (Lipinski definition) is 5. The molecule has 2 heterocycles. The number of nitrogens with two attached hydrogens (primary N) is 1. The van der Waals surface area contributed by atoms with E-state index in [1.807, 2.05) is 17.8 Å². The molecule has 0 amide bonds. The Morgan fingerprint density at radius 2 is 2.07 bits per heavy atom. The topological polar surface area (TPSA) is 53.3 Å². The van der Waals surface area contributed by atoms with Gasteiger partial charge in [-0.15, -0.1) is 11.8 Å². The standard InChI is InChI=1S/C22H36N4S/c1-7-17(15(2)3)10-8-9-11-21-24-19-12-18(16(4)14-26(5)6)20(13-23)25-22(19)27-21/h7-10,12,15-16,21-22,24-25H,1,11,13-14,23H2,2-6H3/b9-8-,17-10+. The Kier molecular flexibility index (Phi) is 8.27. The highest BCUT2D eigenvalue weighted by molar-refractivity contribution is 8.00. The van der Waals surface area contributed by atoms with E-state index < -0.39 is 0 Å². The Balaban J connectivity index is 2.00. The molecule has 2 aliphatic heterocycles. The van der Waals surface area contributed by atoms with E-state index in [9.17, 15) is 0 Å². The van der Waals surface area contributed by atoms with Crippen LogP contribution in [-0.4, -0.2) is 42.8 Å². The molecule has 4 nitrogen and oxygen atoms in total. The summed E-state index contributed by atoms with van der Waals surface area (Å²) in [6.45, 7) is 12.1. The molecule has 1 fully saturated rings. The molecule has 2 aliphatic rings. The molecule has 2 rings (SSSR count). The second-order valence-corrected chi connectivity index (χ2v) is 9.20. The van der Waals surface area contributed by atoms with Gasteiger partial charge in [-0.3, -0.25) is 0 Å². The molecular weight excluding hydrogens is 352 g/mol. The van der Waals surface area contributed by atoms with Crippen LogP contribution in [0.5, 0.6) is 0 Å². The number of hydrogen-bond donors (Lipinski definition) is 3. The second-order valence-electron chi connectivity index (χ2n) is 7.88. The highest BCUT2D eigenvalue weighted by atomic mass is 32.2. The predicted molar refractivity (Wildman–Crippen MR) is 120 cm³/mol. The Labute approximate surface area is 169 Å². The fourth-order valence-electron chi connectivity index (χ4n) is 3.51. The minimum Gasteiger partial charge on any atom is -0.374 e. The van der Waals surface area contributed by atoms with E-state index in [1.54, 1.807) is 0 Å². The van der Waals surface area contributed by atoms with Crippen molar-refractivity contribution in [1.29, 1.82) is 0 Å². The van der Waals surface area contributed by atoms with Gasteiger partial charge in [-0.1, -0.05) is 51.7 Å². The fourth-order valence-corrected chi connectivity index (χ4v) is 4.76. The van der Waals surface area contributed by atoms with Crippen LogP contribution in [0.4, 0.5) is 0 Å². The third-order valence-corrected chi connectivity index (χ3v) is 6.21. The van der Waals surface area contributed by atoms with Crippen molar-refractivity contribution < 1.29 is 0 Å². The number of nitrogens with one attached hydrogen (secondary N) is 2. The molecule has 0 bridgehead atoms. The fraction of sp³-hybridized carbons (Fsp3) is 0.545. The zero-order valence-electron chi connectivity index (χ0n) is 17.5. The highest BCUT2D eigenvalue weighted by Crippen LogP contribution is 2.35. The van der Waals surface area contributed by atoms with Gasteiger partial charge in [0, 0.05) is 24.5 Å². The summed E-state index contributed by atoms with van der Waals surface area (Å²) in [5, 5.41) is 8.00. The lowest BCUT2D eigenvalue weighted by molar-refractivity contribution is 0.363. The SMILES string of the molecule is C=C/C(=C\C=C/CC1NC2=CC(C(C)CN(C)C)=C(CN)NC2S1)C(C)C. The summed E-state index contributed by atoms with van der Waals surface area (Å²) >= 11 is 1.93. The second kappa shape index (κ2) is 10.2. The van der Waals surface area contributed by atoms with Gasteiger partial charge in [-0.05, 0) is 49.6 Å². The summed E-state index contributed by atoms with van der Waals surface area (Å²) in [5.74, 6) is 0.954. The lowest BCUT2D eigenvalue weighted by Crippen LogP contribution is -2.36. The van der Waals surface area contributed by atoms with Crippen molar-refractivity contribution in [3.05, 3.63) is 59.5 Å². The monoisotopic (exact) mass is 388 g/mol. The van der Waals surface area contributed by atoms with E-state index in [-0.39, 0.29) is 5.37 Å². The molecule has 0 spiro atoms. The number of nitrogens with zero attached hydrogens (tertiary/aromatic N) is 1. The van der Waals surface area contributed by atoms with E-state index in [1.165, 1.54) is 22.5 Å². The maximum atomic E-state index is 6.03. The third-order valence-electron chi connectivity index (χ3n) is 4.93. The molecule has 3 atom stereocenters. The van der Waals surface area contributed by atoms with Crippen LogP contribution in [0, 0.1) is 11.8 Å². The predicted octanol–water partition coefficient (Wildman–Crippen LogP) is 3.59. The van der Waals surface area contributed by atoms with Gasteiger partial charge in [0.25, 0.3) is 0 Å². The average Bonchev–Trinajstić information content (AvgIpc) is 3.01. The minimum absolute atomic E-state index is 0.284. The summed E-state index contributed by atoms with van der Waals surface area (Å²) in [6, 6.07) is 0. The molecular formula is C22H36N4S. The lowest BCUT2D eigenvalue weighted by Gasteiger charge is -2.28. The van der Waals surface area contributed by atoms with Crippen molar-refractivity contribution in [2.75, 3.05) is 27.2 Å². The molecule has 0 aromatic carbocycles. The van der Waals surface area contributed by atoms with Gasteiger partial charge < -0.3 is 21.3 Å². The van der Waals surface area contributed by atoms with E-state index in [4.69, 9.17) is 5.73 Å². The number of dihydropyridines is 1. The Hall–Kier alpha value is -1.43. The molecule has 150 valence electrons. The summed E-state index contributed by atoms with van der Waals surface area (Å²) in [6.07, 6.45) is 11.8. The Morgan fingerprint density at radius 1 is 1.33 bits per heavy atom. The molecule has 0 saturated carbocycles. The van der Waals surface area contributed by atoms with Crippen LogP contribution in [0.25, 0.3) is 0 Å². The van der Waals surface area contributed by atoms with Crippen molar-refractivity contribution >= 4 is 11.8 Å². The smallest absolute Gasteiger partial charge is 0.114 e. The summed E-state index contributed by atoms with van der Waals surface area (Å²) < 4.78 is 0. The molecule has 5 heteroatoms. The Bertz CT molecular complexity index is 643. The van der Waals surface area contributed by atoms with Crippen LogP contribution in [0.1, 0.15) is 27.2 Å². The molecule has 27 heavy (non-hydrogen) atoms. The van der Waals surface area contributed by atoms with Gasteiger partial charge in [0.05, 0.1) is 5.37 Å². The van der Waals surface area contributed by atoms with Gasteiger partial charge in [0.2, 0.25) is 0 Å². The van der Waals surface area contributed by atoms with Crippen LogP contribution < -0.4 is 16.4 Å². The van der Waals surface area contributed by atoms with Gasteiger partial charge in [0.1, 0.15) is 5.37 Å². The van der Waals surface area contributed by atoms with Crippen molar-refractivity contribution in [3.8, 4) is 0 Å². The van der Waals surface area contributed by atoms with Crippen molar-refractivity contribution in [1.82, 2.24) is 15.5 Å². The first kappa shape index (κ1) is 21.9. The van der Waals surface area contributed by atoms with Crippen LogP contribution in [0.3, 0.4) is 0 Å². The third kappa shape index (κ3) is 6.03. The summed E-state index contributed by atoms with van der Waals surface area (Å²) in [5.41, 5.74) is 11.1. The molecule has 0 aromatic heterocycles. The number of thioether (sulfide) groups is 1. The highest BCUT2D eigenvalue weighted by Gasteiger charge is 2.33. The molecule has 1 saturated heterocycles. The van der Waals surface area contributed by atoms with Crippen molar-refractivity contribution in [2.45, 2.75) is 37.9 Å². The molecule has 0 aliphatic carbocycles. The molecule has 0 aromatic rings. The quantitative estimate of drug-likeness (QED) is 0.527. The van der Waals surface area contributed by atoms with E-state index in [0.717, 1.165) is 13.0 Å². The first-order valence-corrected chi connectivity index (χ1v) is 10.8. The van der Waals surface area contributed by atoms with Gasteiger partial charge in [-0.25, -0.2) is 0 Å². The number of allylic oxidation sites excluding steroid dienone is 5. The first-order valence-electron chi connectivity index (χ1n) is 9.82. The zero-order chi connectivity index (χ0) is 20.0. The largest absolute Gasteiger partial charge is 0.374 e. The average molecular weight is 389 g/mol.